The molecule has 0 aliphatic carbocycles. The van der Waals surface area contributed by atoms with Crippen molar-refractivity contribution in [1.29, 1.82) is 0 Å². The Bertz CT molecular complexity index is 271. The minimum Gasteiger partial charge on any atom is -0.387 e. The second kappa shape index (κ2) is 5.33. The van der Waals surface area contributed by atoms with Gasteiger partial charge in [-0.2, -0.15) is 0 Å². The van der Waals surface area contributed by atoms with Crippen molar-refractivity contribution in [2.24, 2.45) is 5.41 Å². The van der Waals surface area contributed by atoms with Crippen LogP contribution in [0.2, 0.25) is 0 Å². The average molecular weight is 243 g/mol. The molecule has 0 aromatic rings. The Labute approximate surface area is 104 Å². The monoisotopic (exact) mass is 243 g/mol. The zero-order valence-corrected chi connectivity index (χ0v) is 11.3. The molecule has 1 rings (SSSR count). The molecule has 5 heteroatoms. The van der Waals surface area contributed by atoms with Gasteiger partial charge in [0, 0.05) is 19.6 Å². The number of nitrogens with zero attached hydrogens (tertiary/aromatic N) is 1. The predicted octanol–water partition coefficient (Wildman–Crippen LogP) is -0.585. The SMILES string of the molecule is CN(C)CC(C)(O)CNC(=O)C1(C)CCNC1. The molecule has 1 heterocycles. The van der Waals surface area contributed by atoms with Crippen LogP contribution in [0.4, 0.5) is 0 Å². The van der Waals surface area contributed by atoms with Crippen molar-refractivity contribution in [3.63, 3.8) is 0 Å². The van der Waals surface area contributed by atoms with Crippen LogP contribution in [0.5, 0.6) is 0 Å². The molecule has 0 radical (unpaired) electrons. The van der Waals surface area contributed by atoms with Crippen LogP contribution in [-0.4, -0.2) is 61.8 Å². The van der Waals surface area contributed by atoms with Gasteiger partial charge in [0.2, 0.25) is 5.91 Å². The third kappa shape index (κ3) is 4.26. The molecule has 5 nitrogen and oxygen atoms in total. The number of carbonyl (C=O) groups is 1. The number of carbonyl (C=O) groups excluding carboxylic acids is 1. The number of hydrogen-bond donors (Lipinski definition) is 3. The van der Waals surface area contributed by atoms with E-state index in [4.69, 9.17) is 0 Å². The quantitative estimate of drug-likeness (QED) is 0.604. The Morgan fingerprint density at radius 3 is 2.71 bits per heavy atom. The Morgan fingerprint density at radius 2 is 2.24 bits per heavy atom. The molecule has 0 bridgehead atoms. The minimum atomic E-state index is -0.887. The van der Waals surface area contributed by atoms with E-state index in [1.807, 2.05) is 25.9 Å². The first-order chi connectivity index (χ1) is 7.75. The lowest BCUT2D eigenvalue weighted by atomic mass is 9.88. The van der Waals surface area contributed by atoms with Gasteiger partial charge in [-0.25, -0.2) is 0 Å². The van der Waals surface area contributed by atoms with Crippen LogP contribution in [-0.2, 0) is 4.79 Å². The lowest BCUT2D eigenvalue weighted by Crippen LogP contribution is -2.50. The summed E-state index contributed by atoms with van der Waals surface area (Å²) in [4.78, 5) is 13.9. The molecule has 0 aromatic carbocycles. The van der Waals surface area contributed by atoms with Gasteiger partial charge in [-0.15, -0.1) is 0 Å². The molecule has 17 heavy (non-hydrogen) atoms. The van der Waals surface area contributed by atoms with Crippen molar-refractivity contribution in [3.8, 4) is 0 Å². The zero-order chi connectivity index (χ0) is 13.1. The first-order valence-electron chi connectivity index (χ1n) is 6.11. The number of likely N-dealkylation sites (N-methyl/N-ethyl adjacent to an activating group) is 1. The Hall–Kier alpha value is -0.650. The molecule has 1 fully saturated rings. The Kier molecular flexibility index (Phi) is 4.52. The second-order valence-corrected chi connectivity index (χ2v) is 5.90. The number of hydrogen-bond acceptors (Lipinski definition) is 4. The number of nitrogens with one attached hydrogen (secondary N) is 2. The van der Waals surface area contributed by atoms with E-state index in [2.05, 4.69) is 10.6 Å². The van der Waals surface area contributed by atoms with Gasteiger partial charge in [0.15, 0.2) is 0 Å². The van der Waals surface area contributed by atoms with Gasteiger partial charge >= 0.3 is 0 Å². The van der Waals surface area contributed by atoms with Crippen molar-refractivity contribution < 1.29 is 9.90 Å². The van der Waals surface area contributed by atoms with Gasteiger partial charge < -0.3 is 20.6 Å². The highest BCUT2D eigenvalue weighted by atomic mass is 16.3. The highest BCUT2D eigenvalue weighted by Gasteiger charge is 2.37. The largest absolute Gasteiger partial charge is 0.387 e. The molecule has 1 aliphatic rings. The molecular weight excluding hydrogens is 218 g/mol. The summed E-state index contributed by atoms with van der Waals surface area (Å²) in [6, 6.07) is 0. The first-order valence-corrected chi connectivity index (χ1v) is 6.11. The Morgan fingerprint density at radius 1 is 1.59 bits per heavy atom. The summed E-state index contributed by atoms with van der Waals surface area (Å²) in [6.45, 7) is 6.13. The third-order valence-corrected chi connectivity index (χ3v) is 3.20. The van der Waals surface area contributed by atoms with Crippen LogP contribution in [0.1, 0.15) is 20.3 Å². The fraction of sp³-hybridized carbons (Fsp3) is 0.917. The zero-order valence-electron chi connectivity index (χ0n) is 11.3. The summed E-state index contributed by atoms with van der Waals surface area (Å²) < 4.78 is 0. The minimum absolute atomic E-state index is 0.0292. The smallest absolute Gasteiger partial charge is 0.227 e. The van der Waals surface area contributed by atoms with Gasteiger partial charge in [-0.1, -0.05) is 0 Å². The second-order valence-electron chi connectivity index (χ2n) is 5.90. The Balaban J connectivity index is 2.42. The highest BCUT2D eigenvalue weighted by molar-refractivity contribution is 5.82. The van der Waals surface area contributed by atoms with E-state index in [9.17, 15) is 9.90 Å². The maximum absolute atomic E-state index is 12.0. The molecule has 2 atom stereocenters. The van der Waals surface area contributed by atoms with Crippen LogP contribution < -0.4 is 10.6 Å². The summed E-state index contributed by atoms with van der Waals surface area (Å²) in [5.41, 5.74) is -1.21. The van der Waals surface area contributed by atoms with Crippen molar-refractivity contribution in [3.05, 3.63) is 0 Å². The topological polar surface area (TPSA) is 64.6 Å². The van der Waals surface area contributed by atoms with Gasteiger partial charge in [-0.3, -0.25) is 4.79 Å². The van der Waals surface area contributed by atoms with Crippen molar-refractivity contribution in [1.82, 2.24) is 15.5 Å². The van der Waals surface area contributed by atoms with E-state index < -0.39 is 5.60 Å². The number of amides is 1. The molecule has 1 saturated heterocycles. The summed E-state index contributed by atoms with van der Waals surface area (Å²) in [5.74, 6) is 0.0292. The van der Waals surface area contributed by atoms with Crippen LogP contribution in [0.15, 0.2) is 0 Å². The summed E-state index contributed by atoms with van der Waals surface area (Å²) in [5, 5.41) is 16.1. The fourth-order valence-corrected chi connectivity index (χ4v) is 2.23. The summed E-state index contributed by atoms with van der Waals surface area (Å²) in [6.07, 6.45) is 0.856. The maximum atomic E-state index is 12.0. The molecule has 3 N–H and O–H groups in total. The van der Waals surface area contributed by atoms with Crippen molar-refractivity contribution in [2.75, 3.05) is 40.3 Å². The van der Waals surface area contributed by atoms with Gasteiger partial charge in [-0.05, 0) is 40.9 Å². The van der Waals surface area contributed by atoms with E-state index in [0.717, 1.165) is 13.0 Å². The van der Waals surface area contributed by atoms with E-state index >= 15 is 0 Å². The molecule has 2 unspecified atom stereocenters. The van der Waals surface area contributed by atoms with E-state index in [1.54, 1.807) is 6.92 Å². The third-order valence-electron chi connectivity index (χ3n) is 3.20. The summed E-state index contributed by atoms with van der Waals surface area (Å²) >= 11 is 0. The molecule has 0 spiro atoms. The van der Waals surface area contributed by atoms with E-state index in [0.29, 0.717) is 19.6 Å². The number of rotatable bonds is 5. The normalized spacial score (nSPS) is 28.1. The van der Waals surface area contributed by atoms with Gasteiger partial charge in [0.05, 0.1) is 11.0 Å². The van der Waals surface area contributed by atoms with Gasteiger partial charge in [0.25, 0.3) is 0 Å². The molecule has 1 amide bonds. The average Bonchev–Trinajstić information content (AvgIpc) is 2.61. The van der Waals surface area contributed by atoms with Crippen LogP contribution in [0, 0.1) is 5.41 Å². The molecule has 0 aromatic heterocycles. The fourth-order valence-electron chi connectivity index (χ4n) is 2.23. The first kappa shape index (κ1) is 14.4. The van der Waals surface area contributed by atoms with Crippen LogP contribution >= 0.6 is 0 Å². The molecule has 1 aliphatic heterocycles. The number of aliphatic hydroxyl groups is 1. The molecule has 100 valence electrons. The molecule has 0 saturated carbocycles. The van der Waals surface area contributed by atoms with Crippen LogP contribution in [0.25, 0.3) is 0 Å². The lowest BCUT2D eigenvalue weighted by molar-refractivity contribution is -0.130. The maximum Gasteiger partial charge on any atom is 0.227 e. The molecular formula is C12H25N3O2. The highest BCUT2D eigenvalue weighted by Crippen LogP contribution is 2.24. The van der Waals surface area contributed by atoms with E-state index in [-0.39, 0.29) is 11.3 Å². The van der Waals surface area contributed by atoms with Gasteiger partial charge in [0.1, 0.15) is 0 Å². The standard InChI is InChI=1S/C12H25N3O2/c1-11(5-6-13-7-11)10(16)14-8-12(2,17)9-15(3)4/h13,17H,5-9H2,1-4H3,(H,14,16). The van der Waals surface area contributed by atoms with Crippen molar-refractivity contribution >= 4 is 5.91 Å². The predicted molar refractivity (Wildman–Crippen MR) is 67.8 cm³/mol. The van der Waals surface area contributed by atoms with Crippen molar-refractivity contribution in [2.45, 2.75) is 25.9 Å². The lowest BCUT2D eigenvalue weighted by Gasteiger charge is -2.29. The van der Waals surface area contributed by atoms with E-state index in [1.165, 1.54) is 0 Å². The summed E-state index contributed by atoms with van der Waals surface area (Å²) in [7, 11) is 3.80. The van der Waals surface area contributed by atoms with Crippen LogP contribution in [0.3, 0.4) is 0 Å².